The number of ether oxygens (including phenoxy) is 1. The molecule has 33 heavy (non-hydrogen) atoms. The van der Waals surface area contributed by atoms with E-state index < -0.39 is 17.0 Å². The first-order valence-electron chi connectivity index (χ1n) is 9.67. The van der Waals surface area contributed by atoms with E-state index in [0.29, 0.717) is 20.3 Å². The summed E-state index contributed by atoms with van der Waals surface area (Å²) in [6.45, 7) is 0.115. The van der Waals surface area contributed by atoms with Crippen LogP contribution in [-0.2, 0) is 17.9 Å². The number of hydrogen-bond acceptors (Lipinski definition) is 4. The van der Waals surface area contributed by atoms with Crippen molar-refractivity contribution in [2.24, 2.45) is 0 Å². The number of halogens is 4. The molecule has 1 aliphatic heterocycles. The molecular weight excluding hydrogens is 580 g/mol. The second-order valence-corrected chi connectivity index (χ2v) is 9.79. The average molecular weight is 595 g/mol. The summed E-state index contributed by atoms with van der Waals surface area (Å²) in [4.78, 5) is 26.4. The summed E-state index contributed by atoms with van der Waals surface area (Å²) >= 11 is 7.75. The molecule has 0 spiro atoms. The Balaban J connectivity index is 1.50. The highest BCUT2D eigenvalue weighted by Crippen LogP contribution is 2.38. The Labute approximate surface area is 209 Å². The predicted octanol–water partition coefficient (Wildman–Crippen LogP) is 7.31. The van der Waals surface area contributed by atoms with Crippen molar-refractivity contribution in [2.75, 3.05) is 0 Å². The van der Waals surface area contributed by atoms with E-state index >= 15 is 0 Å². The molecule has 0 radical (unpaired) electrons. The lowest BCUT2D eigenvalue weighted by Gasteiger charge is -2.13. The number of imide groups is 1. The average Bonchev–Trinajstić information content (AvgIpc) is 3.03. The number of thioether (sulfide) groups is 1. The van der Waals surface area contributed by atoms with Crippen molar-refractivity contribution in [2.45, 2.75) is 13.2 Å². The molecule has 4 rings (SSSR count). The lowest BCUT2D eigenvalue weighted by molar-refractivity contribution is -0.123. The summed E-state index contributed by atoms with van der Waals surface area (Å²) in [5, 5.41) is -0.452. The van der Waals surface area contributed by atoms with Crippen molar-refractivity contribution in [1.29, 1.82) is 0 Å². The minimum atomic E-state index is -0.475. The van der Waals surface area contributed by atoms with E-state index in [2.05, 4.69) is 31.9 Å². The molecule has 0 N–H and O–H groups in total. The van der Waals surface area contributed by atoms with Gasteiger partial charge in [0.2, 0.25) is 0 Å². The van der Waals surface area contributed by atoms with Crippen LogP contribution in [0.15, 0.2) is 74.5 Å². The van der Waals surface area contributed by atoms with Crippen LogP contribution >= 0.6 is 43.6 Å². The third-order valence-corrected chi connectivity index (χ3v) is 6.86. The van der Waals surface area contributed by atoms with Gasteiger partial charge in [-0.1, -0.05) is 30.3 Å². The van der Waals surface area contributed by atoms with Gasteiger partial charge in [0.05, 0.1) is 20.4 Å². The summed E-state index contributed by atoms with van der Waals surface area (Å²) in [6.07, 6.45) is 1.60. The highest BCUT2D eigenvalue weighted by molar-refractivity contribution is 9.11. The zero-order valence-electron chi connectivity index (χ0n) is 16.9. The number of nitrogens with zero attached hydrogens (tertiary/aromatic N) is 1. The minimum absolute atomic E-state index is 0.127. The molecule has 0 aliphatic carbocycles. The number of carbonyl (C=O) groups excluding carboxylic acids is 2. The fourth-order valence-corrected chi connectivity index (χ4v) is 5.41. The molecule has 4 nitrogen and oxygen atoms in total. The first-order valence-corrected chi connectivity index (χ1v) is 12.1. The van der Waals surface area contributed by atoms with Gasteiger partial charge in [0.15, 0.2) is 0 Å². The molecule has 1 fully saturated rings. The highest BCUT2D eigenvalue weighted by Gasteiger charge is 2.35. The van der Waals surface area contributed by atoms with Crippen LogP contribution in [0, 0.1) is 11.6 Å². The van der Waals surface area contributed by atoms with E-state index in [-0.39, 0.29) is 29.4 Å². The molecule has 1 saturated heterocycles. The maximum atomic E-state index is 13.9. The van der Waals surface area contributed by atoms with Crippen LogP contribution in [-0.4, -0.2) is 16.0 Å². The van der Waals surface area contributed by atoms with E-state index in [0.717, 1.165) is 22.2 Å². The maximum absolute atomic E-state index is 13.9. The monoisotopic (exact) mass is 593 g/mol. The normalized spacial score (nSPS) is 14.9. The quantitative estimate of drug-likeness (QED) is 0.281. The Bertz CT molecular complexity index is 1240. The van der Waals surface area contributed by atoms with Gasteiger partial charge in [-0.2, -0.15) is 0 Å². The Morgan fingerprint density at radius 3 is 2.30 bits per heavy atom. The molecule has 0 unspecified atom stereocenters. The minimum Gasteiger partial charge on any atom is -0.487 e. The largest absolute Gasteiger partial charge is 0.487 e. The molecule has 2 amide bonds. The molecular formula is C24H15Br2F2NO3S. The summed E-state index contributed by atoms with van der Waals surface area (Å²) in [7, 11) is 0. The van der Waals surface area contributed by atoms with Crippen molar-refractivity contribution < 1.29 is 23.1 Å². The number of hydrogen-bond donors (Lipinski definition) is 0. The summed E-state index contributed by atoms with van der Waals surface area (Å²) < 4.78 is 34.1. The molecule has 0 bridgehead atoms. The Morgan fingerprint density at radius 1 is 0.970 bits per heavy atom. The zero-order valence-corrected chi connectivity index (χ0v) is 20.8. The van der Waals surface area contributed by atoms with E-state index in [9.17, 15) is 18.4 Å². The lowest BCUT2D eigenvalue weighted by Crippen LogP contribution is -2.27. The second-order valence-electron chi connectivity index (χ2n) is 7.09. The topological polar surface area (TPSA) is 46.6 Å². The van der Waals surface area contributed by atoms with Gasteiger partial charge in [0.1, 0.15) is 24.0 Å². The first kappa shape index (κ1) is 23.7. The molecule has 3 aromatic carbocycles. The lowest BCUT2D eigenvalue weighted by atomic mass is 10.2. The van der Waals surface area contributed by atoms with Gasteiger partial charge in [-0.05, 0) is 91.2 Å². The van der Waals surface area contributed by atoms with Crippen LogP contribution in [0.2, 0.25) is 0 Å². The van der Waals surface area contributed by atoms with Crippen LogP contribution in [0.5, 0.6) is 5.75 Å². The van der Waals surface area contributed by atoms with E-state index in [1.807, 2.05) is 0 Å². The van der Waals surface area contributed by atoms with Crippen LogP contribution in [0.4, 0.5) is 13.6 Å². The van der Waals surface area contributed by atoms with E-state index in [1.165, 1.54) is 18.2 Å². The molecule has 0 atom stereocenters. The fourth-order valence-electron chi connectivity index (χ4n) is 3.12. The molecule has 1 heterocycles. The van der Waals surface area contributed by atoms with Gasteiger partial charge < -0.3 is 4.74 Å². The summed E-state index contributed by atoms with van der Waals surface area (Å²) in [5.74, 6) is -0.713. The van der Waals surface area contributed by atoms with Crippen molar-refractivity contribution in [3.63, 3.8) is 0 Å². The van der Waals surface area contributed by atoms with Crippen LogP contribution < -0.4 is 4.74 Å². The Hall–Kier alpha value is -2.49. The number of benzene rings is 3. The molecule has 168 valence electrons. The molecule has 9 heteroatoms. The van der Waals surface area contributed by atoms with Gasteiger partial charge >= 0.3 is 0 Å². The molecule has 0 saturated carbocycles. The SMILES string of the molecule is O=C1S/C(=C\c2cc(Br)c(OCc3ccc(F)cc3)c(Br)c2)C(=O)N1Cc1ccccc1F. The number of carbonyl (C=O) groups is 2. The van der Waals surface area contributed by atoms with Crippen molar-refractivity contribution >= 4 is 60.8 Å². The first-order chi connectivity index (χ1) is 15.8. The Morgan fingerprint density at radius 2 is 1.64 bits per heavy atom. The molecule has 3 aromatic rings. The second kappa shape index (κ2) is 10.2. The summed E-state index contributed by atoms with van der Waals surface area (Å²) in [5.41, 5.74) is 1.75. The van der Waals surface area contributed by atoms with Crippen LogP contribution in [0.1, 0.15) is 16.7 Å². The molecule has 1 aliphatic rings. The third kappa shape index (κ3) is 5.54. The smallest absolute Gasteiger partial charge is 0.293 e. The fraction of sp³-hybridized carbons (Fsp3) is 0.0833. The van der Waals surface area contributed by atoms with E-state index in [1.54, 1.807) is 48.5 Å². The third-order valence-electron chi connectivity index (χ3n) is 4.77. The van der Waals surface area contributed by atoms with Gasteiger partial charge in [0, 0.05) is 5.56 Å². The van der Waals surface area contributed by atoms with E-state index in [4.69, 9.17) is 4.74 Å². The van der Waals surface area contributed by atoms with Crippen molar-refractivity contribution in [3.05, 3.63) is 103 Å². The summed E-state index contributed by atoms with van der Waals surface area (Å²) in [6, 6.07) is 15.6. The Kier molecular flexibility index (Phi) is 7.31. The van der Waals surface area contributed by atoms with Gasteiger partial charge in [0.25, 0.3) is 11.1 Å². The standard InChI is InChI=1S/C24H15Br2F2NO3S/c25-18-9-15(10-19(26)22(18)32-13-14-5-7-17(27)8-6-14)11-21-23(30)29(24(31)33-21)12-16-3-1-2-4-20(16)28/h1-11H,12-13H2/b21-11-. The van der Waals surface area contributed by atoms with Gasteiger partial charge in [-0.3, -0.25) is 14.5 Å². The number of rotatable bonds is 6. The number of amides is 2. The predicted molar refractivity (Wildman–Crippen MR) is 130 cm³/mol. The maximum Gasteiger partial charge on any atom is 0.293 e. The van der Waals surface area contributed by atoms with Crippen molar-refractivity contribution in [1.82, 2.24) is 4.90 Å². The highest BCUT2D eigenvalue weighted by atomic mass is 79.9. The zero-order chi connectivity index (χ0) is 23.5. The van der Waals surface area contributed by atoms with Crippen molar-refractivity contribution in [3.8, 4) is 5.75 Å². The van der Waals surface area contributed by atoms with Gasteiger partial charge in [-0.25, -0.2) is 8.78 Å². The molecule has 0 aromatic heterocycles. The van der Waals surface area contributed by atoms with Crippen LogP contribution in [0.25, 0.3) is 6.08 Å². The van der Waals surface area contributed by atoms with Gasteiger partial charge in [-0.15, -0.1) is 0 Å². The van der Waals surface area contributed by atoms with Crippen LogP contribution in [0.3, 0.4) is 0 Å².